The normalized spacial score (nSPS) is 13.7. The van der Waals surface area contributed by atoms with E-state index in [1.54, 1.807) is 4.90 Å². The second-order valence-electron chi connectivity index (χ2n) is 5.03. The second-order valence-corrected chi connectivity index (χ2v) is 6.00. The fourth-order valence-corrected chi connectivity index (χ4v) is 3.19. The Kier molecular flexibility index (Phi) is 4.15. The fourth-order valence-electron chi connectivity index (χ4n) is 2.42. The van der Waals surface area contributed by atoms with Crippen LogP contribution in [0.5, 0.6) is 5.88 Å². The van der Waals surface area contributed by atoms with Crippen molar-refractivity contribution in [2.24, 2.45) is 0 Å². The first-order valence-electron chi connectivity index (χ1n) is 6.89. The minimum absolute atomic E-state index is 0.00880. The average molecular weight is 317 g/mol. The number of nitrogens with one attached hydrogen (secondary N) is 1. The summed E-state index contributed by atoms with van der Waals surface area (Å²) >= 11 is 1.11. The summed E-state index contributed by atoms with van der Waals surface area (Å²) in [5.41, 5.74) is 2.03. The summed E-state index contributed by atoms with van der Waals surface area (Å²) in [6.07, 6.45) is 0.855. The van der Waals surface area contributed by atoms with Crippen LogP contribution < -0.4 is 5.56 Å². The van der Waals surface area contributed by atoms with Gasteiger partial charge in [0.25, 0.3) is 5.56 Å². The zero-order valence-electron chi connectivity index (χ0n) is 11.8. The van der Waals surface area contributed by atoms with Gasteiger partial charge in [-0.1, -0.05) is 36.0 Å². The number of hydrogen-bond acceptors (Lipinski definition) is 5. The van der Waals surface area contributed by atoms with Crippen molar-refractivity contribution in [3.8, 4) is 5.88 Å². The van der Waals surface area contributed by atoms with Crippen LogP contribution in [-0.4, -0.2) is 38.2 Å². The smallest absolute Gasteiger partial charge is 0.255 e. The van der Waals surface area contributed by atoms with Gasteiger partial charge in [0.1, 0.15) is 0 Å². The van der Waals surface area contributed by atoms with E-state index in [0.717, 1.165) is 24.2 Å². The van der Waals surface area contributed by atoms with Crippen LogP contribution in [0.4, 0.5) is 0 Å². The van der Waals surface area contributed by atoms with Gasteiger partial charge >= 0.3 is 0 Å². The molecule has 2 heterocycles. The molecule has 0 atom stereocenters. The lowest BCUT2D eigenvalue weighted by Gasteiger charge is -2.28. The molecule has 0 saturated heterocycles. The third-order valence-corrected chi connectivity index (χ3v) is 4.38. The number of nitrogens with zero attached hydrogens (tertiary/aromatic N) is 2. The first kappa shape index (κ1) is 14.6. The maximum atomic E-state index is 12.3. The summed E-state index contributed by atoms with van der Waals surface area (Å²) in [5.74, 6) is -0.176. The van der Waals surface area contributed by atoms with Crippen molar-refractivity contribution in [1.29, 1.82) is 0 Å². The number of rotatable bonds is 3. The van der Waals surface area contributed by atoms with Gasteiger partial charge in [-0.15, -0.1) is 0 Å². The van der Waals surface area contributed by atoms with Crippen molar-refractivity contribution in [3.63, 3.8) is 0 Å². The Morgan fingerprint density at radius 2 is 2.14 bits per heavy atom. The third-order valence-electron chi connectivity index (χ3n) is 3.52. The van der Waals surface area contributed by atoms with Crippen molar-refractivity contribution < 1.29 is 9.90 Å². The van der Waals surface area contributed by atoms with E-state index in [9.17, 15) is 14.7 Å². The highest BCUT2D eigenvalue weighted by atomic mass is 32.2. The van der Waals surface area contributed by atoms with Gasteiger partial charge in [-0.05, 0) is 17.5 Å². The molecule has 2 aromatic rings. The van der Waals surface area contributed by atoms with E-state index in [1.165, 1.54) is 11.1 Å². The molecule has 3 rings (SSSR count). The van der Waals surface area contributed by atoms with E-state index in [-0.39, 0.29) is 22.7 Å². The van der Waals surface area contributed by atoms with E-state index >= 15 is 0 Å². The van der Waals surface area contributed by atoms with E-state index in [2.05, 4.69) is 16.0 Å². The number of thioether (sulfide) groups is 1. The van der Waals surface area contributed by atoms with E-state index in [1.807, 2.05) is 18.2 Å². The summed E-state index contributed by atoms with van der Waals surface area (Å²) < 4.78 is 0. The molecule has 0 unspecified atom stereocenters. The predicted octanol–water partition coefficient (Wildman–Crippen LogP) is 1.15. The van der Waals surface area contributed by atoms with Crippen molar-refractivity contribution in [2.45, 2.75) is 18.1 Å². The average Bonchev–Trinajstić information content (AvgIpc) is 2.51. The summed E-state index contributed by atoms with van der Waals surface area (Å²) in [5, 5.41) is 9.52. The number of hydrogen-bond donors (Lipinski definition) is 2. The molecule has 0 spiro atoms. The Hall–Kier alpha value is -2.28. The number of H-pyrrole nitrogens is 1. The standard InChI is InChI=1S/C15H15N3O3S/c19-12-7-13(20)17-15(16-12)22-9-14(21)18-6-5-10-3-1-2-4-11(10)8-18/h1-4,7H,5-6,8-9H2,(H2,16,17,19,20). The fraction of sp³-hybridized carbons (Fsp3) is 0.267. The van der Waals surface area contributed by atoms with Gasteiger partial charge in [-0.3, -0.25) is 9.59 Å². The van der Waals surface area contributed by atoms with E-state index in [0.29, 0.717) is 13.1 Å². The lowest BCUT2D eigenvalue weighted by molar-refractivity contribution is -0.129. The van der Waals surface area contributed by atoms with Crippen molar-refractivity contribution >= 4 is 17.7 Å². The lowest BCUT2D eigenvalue weighted by atomic mass is 10.00. The Morgan fingerprint density at radius 1 is 1.36 bits per heavy atom. The quantitative estimate of drug-likeness (QED) is 0.655. The largest absolute Gasteiger partial charge is 0.493 e. The van der Waals surface area contributed by atoms with Gasteiger partial charge in [0, 0.05) is 13.1 Å². The number of aromatic hydroxyl groups is 1. The number of amides is 1. The minimum Gasteiger partial charge on any atom is -0.493 e. The van der Waals surface area contributed by atoms with E-state index < -0.39 is 5.56 Å². The van der Waals surface area contributed by atoms with Crippen LogP contribution in [0.3, 0.4) is 0 Å². The van der Waals surface area contributed by atoms with Crippen molar-refractivity contribution in [1.82, 2.24) is 14.9 Å². The number of benzene rings is 1. The van der Waals surface area contributed by atoms with Crippen LogP contribution in [0.15, 0.2) is 40.3 Å². The molecule has 6 nitrogen and oxygen atoms in total. The van der Waals surface area contributed by atoms with Gasteiger partial charge in [0.15, 0.2) is 5.16 Å². The number of carbonyl (C=O) groups excluding carboxylic acids is 1. The summed E-state index contributed by atoms with van der Waals surface area (Å²) in [6, 6.07) is 9.11. The van der Waals surface area contributed by atoms with Crippen LogP contribution in [0.2, 0.25) is 0 Å². The molecule has 1 amide bonds. The van der Waals surface area contributed by atoms with Crippen LogP contribution >= 0.6 is 11.8 Å². The molecule has 22 heavy (non-hydrogen) atoms. The summed E-state index contributed by atoms with van der Waals surface area (Å²) in [4.78, 5) is 31.6. The third kappa shape index (κ3) is 3.30. The zero-order chi connectivity index (χ0) is 15.5. The first-order chi connectivity index (χ1) is 10.6. The highest BCUT2D eigenvalue weighted by molar-refractivity contribution is 7.99. The molecular formula is C15H15N3O3S. The monoisotopic (exact) mass is 317 g/mol. The van der Waals surface area contributed by atoms with Crippen molar-refractivity contribution in [2.75, 3.05) is 12.3 Å². The second kappa shape index (κ2) is 6.23. The van der Waals surface area contributed by atoms with Gasteiger partial charge < -0.3 is 15.0 Å². The number of aromatic amines is 1. The molecule has 7 heteroatoms. The highest BCUT2D eigenvalue weighted by Crippen LogP contribution is 2.20. The molecule has 0 bridgehead atoms. The number of carbonyl (C=O) groups is 1. The van der Waals surface area contributed by atoms with Gasteiger partial charge in [-0.2, -0.15) is 4.98 Å². The van der Waals surface area contributed by atoms with Gasteiger partial charge in [0.05, 0.1) is 11.8 Å². The SMILES string of the molecule is O=C(CSc1nc(O)cc(=O)[nH]1)N1CCc2ccccc2C1. The van der Waals surface area contributed by atoms with Gasteiger partial charge in [0.2, 0.25) is 11.8 Å². The van der Waals surface area contributed by atoms with Crippen LogP contribution in [0.1, 0.15) is 11.1 Å². The molecule has 1 aromatic heterocycles. The molecule has 2 N–H and O–H groups in total. The maximum absolute atomic E-state index is 12.3. The Labute approximate surface area is 131 Å². The minimum atomic E-state index is -0.436. The number of fused-ring (bicyclic) bond motifs is 1. The molecule has 0 radical (unpaired) electrons. The molecular weight excluding hydrogens is 302 g/mol. The zero-order valence-corrected chi connectivity index (χ0v) is 12.6. The van der Waals surface area contributed by atoms with Crippen molar-refractivity contribution in [3.05, 3.63) is 51.8 Å². The predicted molar refractivity (Wildman–Crippen MR) is 82.8 cm³/mol. The molecule has 1 aromatic carbocycles. The van der Waals surface area contributed by atoms with Crippen LogP contribution in [0, 0.1) is 0 Å². The topological polar surface area (TPSA) is 86.3 Å². The Balaban J connectivity index is 1.62. The van der Waals surface area contributed by atoms with Gasteiger partial charge in [-0.25, -0.2) is 0 Å². The molecule has 0 saturated carbocycles. The number of aromatic nitrogens is 2. The van der Waals surface area contributed by atoms with E-state index in [4.69, 9.17) is 0 Å². The lowest BCUT2D eigenvalue weighted by Crippen LogP contribution is -2.37. The summed E-state index contributed by atoms with van der Waals surface area (Å²) in [6.45, 7) is 1.31. The molecule has 1 aliphatic rings. The molecule has 1 aliphatic heterocycles. The van der Waals surface area contributed by atoms with Crippen LogP contribution in [0.25, 0.3) is 0 Å². The Bertz CT molecular complexity index is 760. The highest BCUT2D eigenvalue weighted by Gasteiger charge is 2.20. The molecule has 0 fully saturated rings. The maximum Gasteiger partial charge on any atom is 0.255 e. The first-order valence-corrected chi connectivity index (χ1v) is 7.88. The Morgan fingerprint density at radius 3 is 2.91 bits per heavy atom. The molecule has 114 valence electrons. The summed E-state index contributed by atoms with van der Waals surface area (Å²) in [7, 11) is 0. The molecule has 0 aliphatic carbocycles. The van der Waals surface area contributed by atoms with Crippen LogP contribution in [-0.2, 0) is 17.8 Å².